The molecule has 0 aliphatic carbocycles. The van der Waals surface area contributed by atoms with Crippen LogP contribution >= 0.6 is 27.5 Å². The molecule has 1 aromatic rings. The fourth-order valence-corrected chi connectivity index (χ4v) is 2.76. The molecule has 17 heavy (non-hydrogen) atoms. The van der Waals surface area contributed by atoms with Crippen LogP contribution in [0.1, 0.15) is 12.0 Å². The van der Waals surface area contributed by atoms with Gasteiger partial charge in [-0.3, -0.25) is 4.79 Å². The van der Waals surface area contributed by atoms with Crippen LogP contribution in [-0.4, -0.2) is 24.3 Å². The number of benzene rings is 1. The van der Waals surface area contributed by atoms with E-state index in [0.717, 1.165) is 10.0 Å². The van der Waals surface area contributed by atoms with Crippen LogP contribution in [-0.2, 0) is 16.0 Å². The van der Waals surface area contributed by atoms with E-state index in [9.17, 15) is 9.90 Å². The highest BCUT2D eigenvalue weighted by Gasteiger charge is 2.42. The van der Waals surface area contributed by atoms with Gasteiger partial charge in [-0.05, 0) is 30.5 Å². The van der Waals surface area contributed by atoms with Crippen LogP contribution in [0.15, 0.2) is 22.7 Å². The first-order chi connectivity index (χ1) is 8.03. The third-order valence-corrected chi connectivity index (χ3v) is 3.95. The van der Waals surface area contributed by atoms with E-state index in [2.05, 4.69) is 15.9 Å². The molecule has 1 unspecified atom stereocenters. The lowest BCUT2D eigenvalue weighted by Gasteiger charge is -2.22. The molecule has 0 saturated carbocycles. The van der Waals surface area contributed by atoms with Gasteiger partial charge in [-0.1, -0.05) is 33.6 Å². The summed E-state index contributed by atoms with van der Waals surface area (Å²) in [6, 6.07) is 5.50. The Morgan fingerprint density at radius 3 is 2.88 bits per heavy atom. The van der Waals surface area contributed by atoms with Gasteiger partial charge in [0.2, 0.25) is 0 Å². The van der Waals surface area contributed by atoms with Crippen molar-refractivity contribution in [2.45, 2.75) is 12.8 Å². The summed E-state index contributed by atoms with van der Waals surface area (Å²) in [6.45, 7) is 0.759. The van der Waals surface area contributed by atoms with E-state index in [1.807, 2.05) is 12.1 Å². The van der Waals surface area contributed by atoms with Crippen LogP contribution < -0.4 is 0 Å². The number of carboxylic acids is 1. The van der Waals surface area contributed by atoms with Gasteiger partial charge in [0.05, 0.1) is 12.0 Å². The SMILES string of the molecule is O=C(O)C1(Cc2ccc(Br)cc2Cl)CCOC1. The number of hydrogen-bond acceptors (Lipinski definition) is 2. The molecule has 0 aromatic heterocycles. The Hall–Kier alpha value is -0.580. The summed E-state index contributed by atoms with van der Waals surface area (Å²) >= 11 is 9.44. The van der Waals surface area contributed by atoms with Gasteiger partial charge in [-0.2, -0.15) is 0 Å². The first kappa shape index (κ1) is 12.9. The fourth-order valence-electron chi connectivity index (χ4n) is 2.02. The summed E-state index contributed by atoms with van der Waals surface area (Å²) in [7, 11) is 0. The number of halogens is 2. The van der Waals surface area contributed by atoms with Crippen LogP contribution in [0.2, 0.25) is 5.02 Å². The lowest BCUT2D eigenvalue weighted by atomic mass is 9.81. The molecule has 0 radical (unpaired) electrons. The first-order valence-corrected chi connectivity index (χ1v) is 6.46. The maximum absolute atomic E-state index is 11.4. The van der Waals surface area contributed by atoms with E-state index in [4.69, 9.17) is 16.3 Å². The Bertz CT molecular complexity index is 441. The number of aliphatic carboxylic acids is 1. The van der Waals surface area contributed by atoms with E-state index >= 15 is 0 Å². The minimum absolute atomic E-state index is 0.259. The number of carbonyl (C=O) groups is 1. The van der Waals surface area contributed by atoms with Gasteiger partial charge in [0.25, 0.3) is 0 Å². The van der Waals surface area contributed by atoms with Gasteiger partial charge in [-0.25, -0.2) is 0 Å². The van der Waals surface area contributed by atoms with E-state index < -0.39 is 11.4 Å². The standard InChI is InChI=1S/C12H12BrClO3/c13-9-2-1-8(10(14)5-9)6-12(11(15)16)3-4-17-7-12/h1-2,5H,3-4,6-7H2,(H,15,16). The van der Waals surface area contributed by atoms with Crippen LogP contribution in [0.5, 0.6) is 0 Å². The second kappa shape index (κ2) is 4.96. The van der Waals surface area contributed by atoms with Crippen molar-refractivity contribution in [2.75, 3.05) is 13.2 Å². The van der Waals surface area contributed by atoms with Crippen molar-refractivity contribution in [3.63, 3.8) is 0 Å². The lowest BCUT2D eigenvalue weighted by molar-refractivity contribution is -0.148. The molecule has 1 aliphatic heterocycles. The topological polar surface area (TPSA) is 46.5 Å². The number of hydrogen-bond donors (Lipinski definition) is 1. The first-order valence-electron chi connectivity index (χ1n) is 5.29. The molecule has 0 bridgehead atoms. The van der Waals surface area contributed by atoms with Crippen LogP contribution in [0.3, 0.4) is 0 Å². The molecule has 92 valence electrons. The zero-order valence-electron chi connectivity index (χ0n) is 9.08. The summed E-state index contributed by atoms with van der Waals surface area (Å²) in [5.41, 5.74) is 0.0278. The Balaban J connectivity index is 2.26. The highest BCUT2D eigenvalue weighted by molar-refractivity contribution is 9.10. The average molecular weight is 320 g/mol. The van der Waals surface area contributed by atoms with Gasteiger partial charge in [0, 0.05) is 16.1 Å². The minimum Gasteiger partial charge on any atom is -0.481 e. The molecule has 1 aromatic carbocycles. The smallest absolute Gasteiger partial charge is 0.312 e. The molecular weight excluding hydrogens is 307 g/mol. The Morgan fingerprint density at radius 1 is 1.59 bits per heavy atom. The highest BCUT2D eigenvalue weighted by Crippen LogP contribution is 2.35. The van der Waals surface area contributed by atoms with Crippen molar-refractivity contribution in [3.05, 3.63) is 33.3 Å². The third-order valence-electron chi connectivity index (χ3n) is 3.10. The molecular formula is C12H12BrClO3. The van der Waals surface area contributed by atoms with Crippen molar-refractivity contribution < 1.29 is 14.6 Å². The molecule has 2 rings (SSSR count). The fraction of sp³-hybridized carbons (Fsp3) is 0.417. The van der Waals surface area contributed by atoms with Crippen LogP contribution in [0.4, 0.5) is 0 Å². The van der Waals surface area contributed by atoms with Crippen molar-refractivity contribution in [1.29, 1.82) is 0 Å². The molecule has 3 nitrogen and oxygen atoms in total. The lowest BCUT2D eigenvalue weighted by Crippen LogP contribution is -2.33. The quantitative estimate of drug-likeness (QED) is 0.931. The molecule has 1 fully saturated rings. The molecule has 1 N–H and O–H groups in total. The second-order valence-corrected chi connectivity index (χ2v) is 5.62. The predicted octanol–water partition coefficient (Wildman–Crippen LogP) is 3.14. The van der Waals surface area contributed by atoms with E-state index in [1.165, 1.54) is 0 Å². The summed E-state index contributed by atoms with van der Waals surface area (Å²) in [5, 5.41) is 9.93. The Kier molecular flexibility index (Phi) is 3.76. The van der Waals surface area contributed by atoms with Crippen LogP contribution in [0, 0.1) is 5.41 Å². The minimum atomic E-state index is -0.822. The van der Waals surface area contributed by atoms with Crippen molar-refractivity contribution in [1.82, 2.24) is 0 Å². The number of rotatable bonds is 3. The van der Waals surface area contributed by atoms with Crippen LogP contribution in [0.25, 0.3) is 0 Å². The summed E-state index contributed by atoms with van der Waals surface area (Å²) in [5.74, 6) is -0.811. The van der Waals surface area contributed by atoms with Gasteiger partial charge in [-0.15, -0.1) is 0 Å². The van der Waals surface area contributed by atoms with Crippen molar-refractivity contribution in [3.8, 4) is 0 Å². The summed E-state index contributed by atoms with van der Waals surface area (Å²) < 4.78 is 6.11. The monoisotopic (exact) mass is 318 g/mol. The number of carboxylic acid groups (broad SMARTS) is 1. The van der Waals surface area contributed by atoms with Gasteiger partial charge in [0.1, 0.15) is 0 Å². The average Bonchev–Trinajstić information content (AvgIpc) is 2.72. The maximum atomic E-state index is 11.4. The highest BCUT2D eigenvalue weighted by atomic mass is 79.9. The normalized spacial score (nSPS) is 23.9. The Morgan fingerprint density at radius 2 is 2.35 bits per heavy atom. The molecule has 1 heterocycles. The predicted molar refractivity (Wildman–Crippen MR) is 68.4 cm³/mol. The zero-order chi connectivity index (χ0) is 12.5. The molecule has 1 saturated heterocycles. The van der Waals surface area contributed by atoms with Crippen molar-refractivity contribution >= 4 is 33.5 Å². The van der Waals surface area contributed by atoms with E-state index in [1.54, 1.807) is 6.07 Å². The third kappa shape index (κ3) is 2.64. The van der Waals surface area contributed by atoms with E-state index in [0.29, 0.717) is 24.5 Å². The summed E-state index contributed by atoms with van der Waals surface area (Å²) in [6.07, 6.45) is 0.948. The van der Waals surface area contributed by atoms with E-state index in [-0.39, 0.29) is 6.61 Å². The van der Waals surface area contributed by atoms with Gasteiger partial charge in [0.15, 0.2) is 0 Å². The Labute approximate surface area is 113 Å². The number of ether oxygens (including phenoxy) is 1. The molecule has 5 heteroatoms. The summed E-state index contributed by atoms with van der Waals surface area (Å²) in [4.78, 5) is 11.4. The molecule has 1 aliphatic rings. The maximum Gasteiger partial charge on any atom is 0.312 e. The molecule has 0 spiro atoms. The van der Waals surface area contributed by atoms with Gasteiger partial charge < -0.3 is 9.84 Å². The second-order valence-electron chi connectivity index (χ2n) is 4.30. The molecule has 1 atom stereocenters. The van der Waals surface area contributed by atoms with Gasteiger partial charge >= 0.3 is 5.97 Å². The molecule has 0 amide bonds. The largest absolute Gasteiger partial charge is 0.481 e. The zero-order valence-corrected chi connectivity index (χ0v) is 11.4. The van der Waals surface area contributed by atoms with Crippen molar-refractivity contribution in [2.24, 2.45) is 5.41 Å².